The predicted molar refractivity (Wildman–Crippen MR) is 97.1 cm³/mol. The third-order valence-corrected chi connectivity index (χ3v) is 8.05. The van der Waals surface area contributed by atoms with E-state index < -0.39 is 20.0 Å². The van der Waals surface area contributed by atoms with E-state index in [0.717, 1.165) is 0 Å². The van der Waals surface area contributed by atoms with Crippen molar-refractivity contribution in [2.45, 2.75) is 23.1 Å². The van der Waals surface area contributed by atoms with Gasteiger partial charge in [0.25, 0.3) is 10.0 Å². The van der Waals surface area contributed by atoms with Gasteiger partial charge in [0, 0.05) is 11.6 Å². The molecule has 0 saturated carbocycles. The summed E-state index contributed by atoms with van der Waals surface area (Å²) in [6.07, 6.45) is 0.446. The zero-order valence-electron chi connectivity index (χ0n) is 13.7. The average Bonchev–Trinajstić information content (AvgIpc) is 3.01. The Bertz CT molecular complexity index is 1050. The summed E-state index contributed by atoms with van der Waals surface area (Å²) in [5.41, 5.74) is 1.67. The molecule has 9 heteroatoms. The molecule has 0 atom stereocenters. The van der Waals surface area contributed by atoms with E-state index >= 15 is 0 Å². The predicted octanol–water partition coefficient (Wildman–Crippen LogP) is 2.31. The van der Waals surface area contributed by atoms with Gasteiger partial charge in [0.15, 0.2) is 0 Å². The number of benzene rings is 2. The van der Waals surface area contributed by atoms with Crippen molar-refractivity contribution in [3.8, 4) is 0 Å². The molecule has 0 aromatic heterocycles. The van der Waals surface area contributed by atoms with Gasteiger partial charge in [0.05, 0.1) is 15.5 Å². The fourth-order valence-electron chi connectivity index (χ4n) is 2.87. The number of anilines is 1. The number of sulfonamides is 2. The molecule has 1 heterocycles. The van der Waals surface area contributed by atoms with Crippen LogP contribution in [-0.2, 0) is 26.5 Å². The lowest BCUT2D eigenvalue weighted by molar-refractivity contribution is 0.587. The van der Waals surface area contributed by atoms with Gasteiger partial charge in [0.1, 0.15) is 0 Å². The Morgan fingerprint density at radius 2 is 1.84 bits per heavy atom. The SMILES string of the molecule is CNS(=O)(=O)c1ccc2c(c1)CCN2S(=O)(=O)c1cccc(Cl)c1C. The van der Waals surface area contributed by atoms with Crippen LogP contribution < -0.4 is 9.03 Å². The lowest BCUT2D eigenvalue weighted by Crippen LogP contribution is -2.29. The molecule has 0 unspecified atom stereocenters. The van der Waals surface area contributed by atoms with Gasteiger partial charge in [-0.25, -0.2) is 21.6 Å². The molecule has 1 aliphatic rings. The Balaban J connectivity index is 2.07. The third kappa shape index (κ3) is 3.03. The molecular weight excluding hydrogens is 384 g/mol. The van der Waals surface area contributed by atoms with E-state index in [2.05, 4.69) is 4.72 Å². The maximum atomic E-state index is 13.0. The van der Waals surface area contributed by atoms with Crippen LogP contribution in [0.2, 0.25) is 5.02 Å². The van der Waals surface area contributed by atoms with E-state index in [1.807, 2.05) is 0 Å². The van der Waals surface area contributed by atoms with Crippen LogP contribution in [0.15, 0.2) is 46.2 Å². The van der Waals surface area contributed by atoms with E-state index in [4.69, 9.17) is 11.6 Å². The lowest BCUT2D eigenvalue weighted by atomic mass is 10.2. The second kappa shape index (κ2) is 6.28. The molecule has 1 aliphatic heterocycles. The molecule has 0 saturated heterocycles. The Morgan fingerprint density at radius 3 is 2.52 bits per heavy atom. The zero-order chi connectivity index (χ0) is 18.4. The van der Waals surface area contributed by atoms with E-state index in [1.54, 1.807) is 19.1 Å². The van der Waals surface area contributed by atoms with Crippen LogP contribution >= 0.6 is 11.6 Å². The Kier molecular flexibility index (Phi) is 4.57. The first-order valence-corrected chi connectivity index (χ1v) is 10.8. The van der Waals surface area contributed by atoms with Crippen LogP contribution in [0.3, 0.4) is 0 Å². The minimum absolute atomic E-state index is 0.118. The summed E-state index contributed by atoms with van der Waals surface area (Å²) in [4.78, 5) is 0.270. The first-order valence-electron chi connectivity index (χ1n) is 7.53. The molecule has 1 N–H and O–H groups in total. The number of hydrogen-bond acceptors (Lipinski definition) is 4. The van der Waals surface area contributed by atoms with Crippen molar-refractivity contribution in [3.05, 3.63) is 52.5 Å². The van der Waals surface area contributed by atoms with Gasteiger partial charge in [-0.3, -0.25) is 4.31 Å². The maximum absolute atomic E-state index is 13.0. The summed E-state index contributed by atoms with van der Waals surface area (Å²) in [6.45, 7) is 1.92. The molecule has 0 fully saturated rings. The quantitative estimate of drug-likeness (QED) is 0.853. The van der Waals surface area contributed by atoms with Gasteiger partial charge in [-0.15, -0.1) is 0 Å². The minimum Gasteiger partial charge on any atom is -0.266 e. The van der Waals surface area contributed by atoms with Crippen molar-refractivity contribution >= 4 is 37.3 Å². The van der Waals surface area contributed by atoms with Crippen molar-refractivity contribution in [1.29, 1.82) is 0 Å². The van der Waals surface area contributed by atoms with Crippen LogP contribution in [0.5, 0.6) is 0 Å². The van der Waals surface area contributed by atoms with Gasteiger partial charge in [-0.2, -0.15) is 0 Å². The van der Waals surface area contributed by atoms with E-state index in [1.165, 1.54) is 35.6 Å². The third-order valence-electron chi connectivity index (χ3n) is 4.27. The smallest absolute Gasteiger partial charge is 0.264 e. The van der Waals surface area contributed by atoms with Crippen molar-refractivity contribution in [1.82, 2.24) is 4.72 Å². The van der Waals surface area contributed by atoms with Gasteiger partial charge in [0.2, 0.25) is 10.0 Å². The number of halogens is 1. The summed E-state index contributed by atoms with van der Waals surface area (Å²) in [6, 6.07) is 9.22. The zero-order valence-corrected chi connectivity index (χ0v) is 16.0. The van der Waals surface area contributed by atoms with E-state index in [0.29, 0.717) is 28.3 Å². The Hall–Kier alpha value is -1.61. The van der Waals surface area contributed by atoms with Gasteiger partial charge in [-0.1, -0.05) is 17.7 Å². The summed E-state index contributed by atoms with van der Waals surface area (Å²) >= 11 is 6.06. The average molecular weight is 401 g/mol. The highest BCUT2D eigenvalue weighted by molar-refractivity contribution is 7.93. The number of hydrogen-bond donors (Lipinski definition) is 1. The van der Waals surface area contributed by atoms with Gasteiger partial charge < -0.3 is 0 Å². The molecule has 6 nitrogen and oxygen atoms in total. The van der Waals surface area contributed by atoms with Crippen molar-refractivity contribution in [3.63, 3.8) is 0 Å². The van der Waals surface area contributed by atoms with Crippen molar-refractivity contribution in [2.75, 3.05) is 17.9 Å². The summed E-state index contributed by atoms with van der Waals surface area (Å²) in [7, 11) is -6.01. The largest absolute Gasteiger partial charge is 0.266 e. The molecular formula is C16H17ClN2O4S2. The highest BCUT2D eigenvalue weighted by atomic mass is 35.5. The number of rotatable bonds is 4. The molecule has 2 aromatic carbocycles. The number of fused-ring (bicyclic) bond motifs is 1. The molecule has 0 amide bonds. The van der Waals surface area contributed by atoms with Crippen LogP contribution in [0.25, 0.3) is 0 Å². The second-order valence-corrected chi connectivity index (χ2v) is 9.81. The maximum Gasteiger partial charge on any atom is 0.264 e. The Labute approximate surface area is 152 Å². The minimum atomic E-state index is -3.78. The monoisotopic (exact) mass is 400 g/mol. The van der Waals surface area contributed by atoms with E-state index in [9.17, 15) is 16.8 Å². The molecule has 3 rings (SSSR count). The van der Waals surface area contributed by atoms with Crippen LogP contribution in [0.1, 0.15) is 11.1 Å². The number of nitrogens with zero attached hydrogens (tertiary/aromatic N) is 1. The molecule has 0 bridgehead atoms. The summed E-state index contributed by atoms with van der Waals surface area (Å²) in [5, 5.41) is 0.385. The fraction of sp³-hybridized carbons (Fsp3) is 0.250. The summed E-state index contributed by atoms with van der Waals surface area (Å²) < 4.78 is 53.5. The second-order valence-electron chi connectivity index (χ2n) is 5.69. The van der Waals surface area contributed by atoms with Gasteiger partial charge >= 0.3 is 0 Å². The molecule has 25 heavy (non-hydrogen) atoms. The van der Waals surface area contributed by atoms with Crippen molar-refractivity contribution in [2.24, 2.45) is 0 Å². The van der Waals surface area contributed by atoms with Crippen LogP contribution in [-0.4, -0.2) is 30.4 Å². The van der Waals surface area contributed by atoms with Crippen LogP contribution in [0, 0.1) is 6.92 Å². The first kappa shape index (κ1) is 18.2. The Morgan fingerprint density at radius 1 is 1.12 bits per heavy atom. The lowest BCUT2D eigenvalue weighted by Gasteiger charge is -2.21. The highest BCUT2D eigenvalue weighted by Crippen LogP contribution is 2.36. The molecule has 134 valence electrons. The fourth-order valence-corrected chi connectivity index (χ4v) is 5.63. The van der Waals surface area contributed by atoms with Crippen LogP contribution in [0.4, 0.5) is 5.69 Å². The normalized spacial score (nSPS) is 14.6. The molecule has 0 aliphatic carbocycles. The summed E-state index contributed by atoms with van der Waals surface area (Å²) in [5.74, 6) is 0. The highest BCUT2D eigenvalue weighted by Gasteiger charge is 2.33. The topological polar surface area (TPSA) is 83.6 Å². The molecule has 2 aromatic rings. The first-order chi connectivity index (χ1) is 11.7. The molecule has 0 radical (unpaired) electrons. The molecule has 0 spiro atoms. The van der Waals surface area contributed by atoms with E-state index in [-0.39, 0.29) is 16.3 Å². The van der Waals surface area contributed by atoms with Gasteiger partial charge in [-0.05, 0) is 61.9 Å². The standard InChI is InChI=1S/C16H17ClN2O4S2/c1-11-14(17)4-3-5-16(11)25(22,23)19-9-8-12-10-13(6-7-15(12)19)24(20,21)18-2/h3-7,10,18H,8-9H2,1-2H3. The van der Waals surface area contributed by atoms with Crippen molar-refractivity contribution < 1.29 is 16.8 Å². The number of nitrogens with one attached hydrogen (secondary N) is 1.